The molecular formula is C31H36ClN7O2. The van der Waals surface area contributed by atoms with E-state index in [9.17, 15) is 9.59 Å². The highest BCUT2D eigenvalue weighted by Gasteiger charge is 2.34. The molecule has 1 amide bonds. The Balaban J connectivity index is 1.25. The smallest absolute Gasteiger partial charge is 0.251 e. The van der Waals surface area contributed by atoms with Crippen molar-refractivity contribution in [1.82, 2.24) is 25.0 Å². The molecule has 0 saturated carbocycles. The maximum Gasteiger partial charge on any atom is 0.251 e. The van der Waals surface area contributed by atoms with E-state index in [1.165, 1.54) is 0 Å². The minimum Gasteiger partial charge on any atom is -0.370 e. The molecule has 0 unspecified atom stereocenters. The van der Waals surface area contributed by atoms with E-state index in [0.29, 0.717) is 43.6 Å². The molecule has 2 aliphatic rings. The number of aliphatic imine (C=N–C) groups is 1. The number of nitrogens with two attached hydrogens (primary N) is 1. The van der Waals surface area contributed by atoms with Gasteiger partial charge >= 0.3 is 0 Å². The zero-order valence-corrected chi connectivity index (χ0v) is 24.5. The first-order valence-electron chi connectivity index (χ1n) is 14.2. The van der Waals surface area contributed by atoms with Crippen molar-refractivity contribution in [3.05, 3.63) is 74.7 Å². The van der Waals surface area contributed by atoms with Crippen LogP contribution in [-0.4, -0.2) is 62.5 Å². The number of likely N-dealkylation sites (tertiary alicyclic amines) is 1. The largest absolute Gasteiger partial charge is 0.370 e. The fraction of sp³-hybridized carbons (Fsp3) is 0.419. The average molecular weight is 574 g/mol. The zero-order valence-electron chi connectivity index (χ0n) is 23.7. The van der Waals surface area contributed by atoms with Gasteiger partial charge in [-0.05, 0) is 58.9 Å². The second-order valence-electron chi connectivity index (χ2n) is 12.5. The number of pyridine rings is 1. The molecule has 0 aliphatic carbocycles. The maximum atomic E-state index is 13.9. The molecule has 0 spiro atoms. The SMILES string of the molecule is CC(C)(C)CN1Cc2c(cc(Cl)c3[nH]ncc23)C[C@@H](N=C(N)N2CCC(c3cc4ccccc4[nH]c3=O)CC2)C1=O. The topological polar surface area (TPSA) is 123 Å². The number of rotatable bonds is 3. The first-order valence-corrected chi connectivity index (χ1v) is 14.6. The lowest BCUT2D eigenvalue weighted by molar-refractivity contribution is -0.134. The normalized spacial score (nSPS) is 19.2. The molecule has 0 radical (unpaired) electrons. The van der Waals surface area contributed by atoms with Gasteiger partial charge in [0.25, 0.3) is 5.56 Å². The van der Waals surface area contributed by atoms with Gasteiger partial charge in [-0.1, -0.05) is 50.6 Å². The van der Waals surface area contributed by atoms with Crippen LogP contribution in [0.4, 0.5) is 0 Å². The van der Waals surface area contributed by atoms with Crippen LogP contribution in [0.15, 0.2) is 52.4 Å². The highest BCUT2D eigenvalue weighted by Crippen LogP contribution is 2.34. The van der Waals surface area contributed by atoms with Crippen LogP contribution in [0, 0.1) is 5.41 Å². The van der Waals surface area contributed by atoms with Gasteiger partial charge < -0.3 is 20.5 Å². The Morgan fingerprint density at radius 2 is 1.93 bits per heavy atom. The molecule has 1 atom stereocenters. The molecule has 0 bridgehead atoms. The van der Waals surface area contributed by atoms with E-state index in [1.54, 1.807) is 6.20 Å². The molecule has 10 heteroatoms. The summed E-state index contributed by atoms with van der Waals surface area (Å²) in [6, 6.07) is 11.1. The number of guanidine groups is 1. The molecule has 2 aromatic carbocycles. The van der Waals surface area contributed by atoms with E-state index in [1.807, 2.05) is 46.2 Å². The summed E-state index contributed by atoms with van der Waals surface area (Å²) in [6.45, 7) is 8.76. The lowest BCUT2D eigenvalue weighted by atomic mass is 9.89. The van der Waals surface area contributed by atoms with Crippen LogP contribution in [0.25, 0.3) is 21.8 Å². The van der Waals surface area contributed by atoms with E-state index in [-0.39, 0.29) is 22.8 Å². The highest BCUT2D eigenvalue weighted by molar-refractivity contribution is 6.35. The number of hydrogen-bond donors (Lipinski definition) is 3. The van der Waals surface area contributed by atoms with E-state index < -0.39 is 6.04 Å². The van der Waals surface area contributed by atoms with Crippen molar-refractivity contribution >= 4 is 45.3 Å². The molecule has 6 rings (SSSR count). The van der Waals surface area contributed by atoms with E-state index in [4.69, 9.17) is 22.3 Å². The molecular weight excluding hydrogens is 538 g/mol. The number of amides is 1. The number of benzene rings is 2. The van der Waals surface area contributed by atoms with Gasteiger partial charge in [0.15, 0.2) is 5.96 Å². The molecule has 4 N–H and O–H groups in total. The first kappa shape index (κ1) is 27.3. The van der Waals surface area contributed by atoms with Crippen molar-refractivity contribution in [3.63, 3.8) is 0 Å². The summed E-state index contributed by atoms with van der Waals surface area (Å²) in [5, 5.41) is 9.74. The quantitative estimate of drug-likeness (QED) is 0.245. The van der Waals surface area contributed by atoms with Crippen LogP contribution in [-0.2, 0) is 17.8 Å². The summed E-state index contributed by atoms with van der Waals surface area (Å²) in [4.78, 5) is 38.5. The Morgan fingerprint density at radius 3 is 2.68 bits per heavy atom. The van der Waals surface area contributed by atoms with Gasteiger partial charge in [0, 0.05) is 49.1 Å². The summed E-state index contributed by atoms with van der Waals surface area (Å²) in [6.07, 6.45) is 3.76. The predicted molar refractivity (Wildman–Crippen MR) is 163 cm³/mol. The molecule has 4 heterocycles. The van der Waals surface area contributed by atoms with Crippen LogP contribution >= 0.6 is 11.6 Å². The number of nitrogens with zero attached hydrogens (tertiary/aromatic N) is 4. The number of piperidine rings is 1. The number of para-hydroxylation sites is 1. The predicted octanol–water partition coefficient (Wildman–Crippen LogP) is 4.55. The molecule has 2 aromatic heterocycles. The fourth-order valence-corrected chi connectivity index (χ4v) is 6.54. The Hall–Kier alpha value is -3.85. The molecule has 214 valence electrons. The minimum atomic E-state index is -0.653. The van der Waals surface area contributed by atoms with Gasteiger partial charge in [-0.15, -0.1) is 0 Å². The molecule has 9 nitrogen and oxygen atoms in total. The number of carbonyl (C=O) groups excluding carboxylic acids is 1. The van der Waals surface area contributed by atoms with E-state index >= 15 is 0 Å². The van der Waals surface area contributed by atoms with Gasteiger partial charge in [-0.25, -0.2) is 4.99 Å². The van der Waals surface area contributed by atoms with Crippen molar-refractivity contribution in [1.29, 1.82) is 0 Å². The lowest BCUT2D eigenvalue weighted by Crippen LogP contribution is -2.46. The van der Waals surface area contributed by atoms with Crippen molar-refractivity contribution in [3.8, 4) is 0 Å². The van der Waals surface area contributed by atoms with Crippen LogP contribution in [0.5, 0.6) is 0 Å². The minimum absolute atomic E-state index is 0.0316. The monoisotopic (exact) mass is 573 g/mol. The Labute approximate surface area is 243 Å². The number of fused-ring (bicyclic) bond motifs is 4. The fourth-order valence-electron chi connectivity index (χ4n) is 6.26. The maximum absolute atomic E-state index is 13.9. The number of nitrogens with one attached hydrogen (secondary N) is 2. The molecule has 41 heavy (non-hydrogen) atoms. The average Bonchev–Trinajstić information content (AvgIpc) is 3.39. The summed E-state index contributed by atoms with van der Waals surface area (Å²) in [7, 11) is 0. The highest BCUT2D eigenvalue weighted by atomic mass is 35.5. The second kappa shape index (κ2) is 10.5. The van der Waals surface area contributed by atoms with Gasteiger partial charge in [0.05, 0.1) is 16.7 Å². The number of hydrogen-bond acceptors (Lipinski definition) is 4. The third-order valence-electron chi connectivity index (χ3n) is 8.25. The second-order valence-corrected chi connectivity index (χ2v) is 12.9. The number of carbonyl (C=O) groups is 1. The number of halogens is 1. The van der Waals surface area contributed by atoms with Crippen molar-refractivity contribution in [2.45, 2.75) is 58.5 Å². The molecule has 1 saturated heterocycles. The van der Waals surface area contributed by atoms with Crippen molar-refractivity contribution < 1.29 is 4.79 Å². The number of aromatic nitrogens is 3. The van der Waals surface area contributed by atoms with Gasteiger partial charge in [-0.3, -0.25) is 14.7 Å². The number of aromatic amines is 2. The van der Waals surface area contributed by atoms with Crippen LogP contribution in [0.3, 0.4) is 0 Å². The molecule has 1 fully saturated rings. The van der Waals surface area contributed by atoms with E-state index in [2.05, 4.69) is 36.0 Å². The van der Waals surface area contributed by atoms with Gasteiger partial charge in [0.2, 0.25) is 5.91 Å². The van der Waals surface area contributed by atoms with Gasteiger partial charge in [0.1, 0.15) is 6.04 Å². The first-order chi connectivity index (χ1) is 19.6. The van der Waals surface area contributed by atoms with Crippen LogP contribution in [0.1, 0.15) is 56.2 Å². The third-order valence-corrected chi connectivity index (χ3v) is 8.54. The zero-order chi connectivity index (χ0) is 28.9. The Morgan fingerprint density at radius 1 is 1.17 bits per heavy atom. The molecule has 4 aromatic rings. The van der Waals surface area contributed by atoms with Crippen molar-refractivity contribution in [2.75, 3.05) is 19.6 Å². The molecule has 2 aliphatic heterocycles. The summed E-state index contributed by atoms with van der Waals surface area (Å²) in [5.74, 6) is 0.467. The third kappa shape index (κ3) is 5.43. The standard InChI is InChI=1S/C31H36ClN7O2/c1-31(2,3)17-39-16-23-20(13-24(32)27-22(23)15-34-37-27)14-26(29(39)41)36-30(33)38-10-8-18(9-11-38)21-12-19-6-4-5-7-25(19)35-28(21)40/h4-7,12-13,15,18,26H,8-11,14,16-17H2,1-3H3,(H2,33,36)(H,34,37)(H,35,40)/t26-/m1/s1. The summed E-state index contributed by atoms with van der Waals surface area (Å²) < 4.78 is 0. The summed E-state index contributed by atoms with van der Waals surface area (Å²) in [5.41, 5.74) is 10.9. The van der Waals surface area contributed by atoms with Crippen molar-refractivity contribution in [2.24, 2.45) is 16.1 Å². The van der Waals surface area contributed by atoms with E-state index in [0.717, 1.165) is 51.3 Å². The number of H-pyrrole nitrogens is 2. The van der Waals surface area contributed by atoms with Crippen LogP contribution in [0.2, 0.25) is 5.02 Å². The summed E-state index contributed by atoms with van der Waals surface area (Å²) >= 11 is 6.59. The van der Waals surface area contributed by atoms with Gasteiger partial charge in [-0.2, -0.15) is 5.10 Å². The van der Waals surface area contributed by atoms with Crippen LogP contribution < -0.4 is 11.3 Å². The lowest BCUT2D eigenvalue weighted by Gasteiger charge is -2.33. The Kier molecular flexibility index (Phi) is 7.01. The Bertz CT molecular complexity index is 1710.